The predicted molar refractivity (Wildman–Crippen MR) is 70.1 cm³/mol. The molecule has 0 aliphatic heterocycles. The van der Waals surface area contributed by atoms with Gasteiger partial charge < -0.3 is 10.5 Å². The van der Waals surface area contributed by atoms with Crippen LogP contribution >= 0.6 is 0 Å². The van der Waals surface area contributed by atoms with E-state index in [1.54, 1.807) is 6.20 Å². The molecule has 90 valence electrons. The Kier molecular flexibility index (Phi) is 3.29. The fourth-order valence-corrected chi connectivity index (χ4v) is 1.52. The molecule has 1 aromatic heterocycles. The Morgan fingerprint density at radius 2 is 2.00 bits per heavy atom. The van der Waals surface area contributed by atoms with E-state index in [1.807, 2.05) is 30.3 Å². The quantitative estimate of drug-likeness (QED) is 0.878. The lowest BCUT2D eigenvalue weighted by Gasteiger charge is -2.22. The van der Waals surface area contributed by atoms with Crippen LogP contribution in [0, 0.1) is 5.41 Å². The van der Waals surface area contributed by atoms with E-state index < -0.39 is 0 Å². The number of para-hydroxylation sites is 1. The number of nitrogens with zero attached hydrogens (tertiary/aromatic N) is 1. The van der Waals surface area contributed by atoms with Gasteiger partial charge in [0.25, 0.3) is 0 Å². The number of aromatic nitrogens is 1. The molecule has 3 heteroatoms. The highest BCUT2D eigenvalue weighted by atomic mass is 16.5. The lowest BCUT2D eigenvalue weighted by Crippen LogP contribution is -2.30. The Bertz CT molecular complexity index is 503. The van der Waals surface area contributed by atoms with Crippen LogP contribution in [0.5, 0.6) is 5.75 Å². The zero-order chi connectivity index (χ0) is 12.3. The molecule has 2 aromatic rings. The van der Waals surface area contributed by atoms with Crippen LogP contribution in [0.2, 0.25) is 0 Å². The highest BCUT2D eigenvalue weighted by molar-refractivity contribution is 5.84. The molecule has 0 amide bonds. The van der Waals surface area contributed by atoms with Crippen LogP contribution in [0.3, 0.4) is 0 Å². The van der Waals surface area contributed by atoms with Gasteiger partial charge >= 0.3 is 0 Å². The normalized spacial score (nSPS) is 11.7. The van der Waals surface area contributed by atoms with Crippen LogP contribution in [0.25, 0.3) is 10.9 Å². The highest BCUT2D eigenvalue weighted by Gasteiger charge is 2.17. The van der Waals surface area contributed by atoms with Crippen molar-refractivity contribution in [3.05, 3.63) is 36.5 Å². The van der Waals surface area contributed by atoms with Crippen LogP contribution in [0.1, 0.15) is 13.8 Å². The van der Waals surface area contributed by atoms with Gasteiger partial charge in [-0.25, -0.2) is 0 Å². The molecule has 1 heterocycles. The van der Waals surface area contributed by atoms with Crippen LogP contribution < -0.4 is 10.5 Å². The number of hydrogen-bond acceptors (Lipinski definition) is 3. The Morgan fingerprint density at radius 1 is 1.24 bits per heavy atom. The predicted octanol–water partition coefficient (Wildman–Crippen LogP) is 2.60. The summed E-state index contributed by atoms with van der Waals surface area (Å²) in [6.45, 7) is 5.38. The van der Waals surface area contributed by atoms with Crippen LogP contribution in [0.15, 0.2) is 36.5 Å². The standard InChI is InChI=1S/C14H18N2O/c1-14(2,9-15)10-17-12-7-3-5-11-6-4-8-16-13(11)12/h3-8H,9-10,15H2,1-2H3. The topological polar surface area (TPSA) is 48.1 Å². The molecule has 0 fully saturated rings. The molecule has 3 nitrogen and oxygen atoms in total. The summed E-state index contributed by atoms with van der Waals surface area (Å²) in [5.74, 6) is 0.824. The SMILES string of the molecule is CC(C)(CN)COc1cccc2cccnc12. The zero-order valence-electron chi connectivity index (χ0n) is 10.3. The van der Waals surface area contributed by atoms with Crippen molar-refractivity contribution in [2.24, 2.45) is 11.1 Å². The first-order valence-corrected chi connectivity index (χ1v) is 5.79. The van der Waals surface area contributed by atoms with E-state index in [0.717, 1.165) is 16.7 Å². The van der Waals surface area contributed by atoms with Crippen molar-refractivity contribution in [2.75, 3.05) is 13.2 Å². The lowest BCUT2D eigenvalue weighted by molar-refractivity contribution is 0.189. The van der Waals surface area contributed by atoms with E-state index in [2.05, 4.69) is 18.8 Å². The molecule has 0 unspecified atom stereocenters. The molecular weight excluding hydrogens is 212 g/mol. The van der Waals surface area contributed by atoms with Gasteiger partial charge in [-0.15, -0.1) is 0 Å². The molecule has 1 aromatic carbocycles. The van der Waals surface area contributed by atoms with Gasteiger partial charge in [0.15, 0.2) is 0 Å². The Labute approximate surface area is 102 Å². The summed E-state index contributed by atoms with van der Waals surface area (Å²) < 4.78 is 5.83. The number of benzene rings is 1. The van der Waals surface area contributed by atoms with Gasteiger partial charge in [-0.2, -0.15) is 0 Å². The molecule has 0 aliphatic carbocycles. The third kappa shape index (κ3) is 2.74. The summed E-state index contributed by atoms with van der Waals surface area (Å²) in [6, 6.07) is 9.92. The van der Waals surface area contributed by atoms with Crippen molar-refractivity contribution in [3.63, 3.8) is 0 Å². The third-order valence-electron chi connectivity index (χ3n) is 2.77. The third-order valence-corrected chi connectivity index (χ3v) is 2.77. The Balaban J connectivity index is 2.24. The van der Waals surface area contributed by atoms with Crippen molar-refractivity contribution in [1.29, 1.82) is 0 Å². The molecule has 0 bridgehead atoms. The molecule has 2 rings (SSSR count). The lowest BCUT2D eigenvalue weighted by atomic mass is 9.95. The first-order chi connectivity index (χ1) is 8.12. The van der Waals surface area contributed by atoms with E-state index in [1.165, 1.54) is 0 Å². The number of rotatable bonds is 4. The maximum Gasteiger partial charge on any atom is 0.145 e. The van der Waals surface area contributed by atoms with Crippen LogP contribution in [0.4, 0.5) is 0 Å². The zero-order valence-corrected chi connectivity index (χ0v) is 10.3. The summed E-state index contributed by atoms with van der Waals surface area (Å²) in [6.07, 6.45) is 1.78. The minimum atomic E-state index is -0.0169. The summed E-state index contributed by atoms with van der Waals surface area (Å²) in [7, 11) is 0. The highest BCUT2D eigenvalue weighted by Crippen LogP contribution is 2.24. The van der Waals surface area contributed by atoms with Gasteiger partial charge in [-0.1, -0.05) is 32.0 Å². The average Bonchev–Trinajstić information content (AvgIpc) is 2.36. The maximum absolute atomic E-state index is 5.83. The van der Waals surface area contributed by atoms with E-state index in [-0.39, 0.29) is 5.41 Å². The van der Waals surface area contributed by atoms with Gasteiger partial charge in [0.1, 0.15) is 11.3 Å². The Morgan fingerprint density at radius 3 is 2.76 bits per heavy atom. The van der Waals surface area contributed by atoms with Gasteiger partial charge in [0.2, 0.25) is 0 Å². The summed E-state index contributed by atoms with van der Waals surface area (Å²) >= 11 is 0. The number of ether oxygens (including phenoxy) is 1. The molecule has 0 spiro atoms. The molecule has 0 atom stereocenters. The first kappa shape index (κ1) is 11.9. The minimum Gasteiger partial charge on any atom is -0.491 e. The summed E-state index contributed by atoms with van der Waals surface area (Å²) in [4.78, 5) is 4.35. The van der Waals surface area contributed by atoms with Crippen molar-refractivity contribution in [3.8, 4) is 5.75 Å². The van der Waals surface area contributed by atoms with E-state index in [9.17, 15) is 0 Å². The molecule has 0 aliphatic rings. The smallest absolute Gasteiger partial charge is 0.145 e. The molecule has 0 saturated heterocycles. The van der Waals surface area contributed by atoms with Crippen molar-refractivity contribution in [2.45, 2.75) is 13.8 Å². The number of nitrogens with two attached hydrogens (primary N) is 1. The second-order valence-corrected chi connectivity index (χ2v) is 4.99. The van der Waals surface area contributed by atoms with Gasteiger partial charge in [-0.05, 0) is 12.1 Å². The van der Waals surface area contributed by atoms with Crippen LogP contribution in [-0.2, 0) is 0 Å². The van der Waals surface area contributed by atoms with Crippen molar-refractivity contribution < 1.29 is 4.74 Å². The molecule has 17 heavy (non-hydrogen) atoms. The van der Waals surface area contributed by atoms with Crippen molar-refractivity contribution in [1.82, 2.24) is 4.98 Å². The van der Waals surface area contributed by atoms with E-state index in [4.69, 9.17) is 10.5 Å². The fourth-order valence-electron chi connectivity index (χ4n) is 1.52. The second kappa shape index (κ2) is 4.72. The molecular formula is C14H18N2O. The van der Waals surface area contributed by atoms with Gasteiger partial charge in [-0.3, -0.25) is 4.98 Å². The van der Waals surface area contributed by atoms with E-state index in [0.29, 0.717) is 13.2 Å². The van der Waals surface area contributed by atoms with Gasteiger partial charge in [0, 0.05) is 23.5 Å². The number of fused-ring (bicyclic) bond motifs is 1. The fraction of sp³-hybridized carbons (Fsp3) is 0.357. The second-order valence-electron chi connectivity index (χ2n) is 4.99. The van der Waals surface area contributed by atoms with Gasteiger partial charge in [0.05, 0.1) is 6.61 Å². The van der Waals surface area contributed by atoms with Crippen molar-refractivity contribution >= 4 is 10.9 Å². The Hall–Kier alpha value is -1.61. The molecule has 0 saturated carbocycles. The van der Waals surface area contributed by atoms with Crippen LogP contribution in [-0.4, -0.2) is 18.1 Å². The largest absolute Gasteiger partial charge is 0.491 e. The number of hydrogen-bond donors (Lipinski definition) is 1. The maximum atomic E-state index is 5.83. The first-order valence-electron chi connectivity index (χ1n) is 5.79. The molecule has 2 N–H and O–H groups in total. The summed E-state index contributed by atoms with van der Waals surface area (Å²) in [5, 5.41) is 1.09. The average molecular weight is 230 g/mol. The monoisotopic (exact) mass is 230 g/mol. The van der Waals surface area contributed by atoms with E-state index >= 15 is 0 Å². The molecule has 0 radical (unpaired) electrons. The number of pyridine rings is 1. The minimum absolute atomic E-state index is 0.0169. The summed E-state index contributed by atoms with van der Waals surface area (Å²) in [5.41, 5.74) is 6.58.